The van der Waals surface area contributed by atoms with Gasteiger partial charge in [0.15, 0.2) is 0 Å². The Balaban J connectivity index is 2.83. The molecule has 0 heterocycles. The molecule has 1 rings (SSSR count). The molecule has 0 aliphatic heterocycles. The molecular weight excluding hydrogens is 268 g/mol. The van der Waals surface area contributed by atoms with E-state index in [0.29, 0.717) is 30.1 Å². The van der Waals surface area contributed by atoms with Gasteiger partial charge >= 0.3 is 5.97 Å². The highest BCUT2D eigenvalue weighted by Crippen LogP contribution is 2.28. The summed E-state index contributed by atoms with van der Waals surface area (Å²) >= 11 is 6.05. The van der Waals surface area contributed by atoms with Gasteiger partial charge in [-0.15, -0.1) is 0 Å². The summed E-state index contributed by atoms with van der Waals surface area (Å²) in [6.07, 6.45) is 0.553. The van der Waals surface area contributed by atoms with Gasteiger partial charge in [0.25, 0.3) is 0 Å². The third-order valence-corrected chi connectivity index (χ3v) is 3.15. The molecule has 0 radical (unpaired) electrons. The van der Waals surface area contributed by atoms with Crippen molar-refractivity contribution in [1.29, 1.82) is 0 Å². The first-order valence-electron chi connectivity index (χ1n) is 5.76. The third-order valence-electron chi connectivity index (χ3n) is 2.82. The lowest BCUT2D eigenvalue weighted by Gasteiger charge is -2.27. The van der Waals surface area contributed by atoms with Crippen molar-refractivity contribution in [1.82, 2.24) is 5.32 Å². The number of hydrogen-bond acceptors (Lipinski definition) is 3. The predicted octanol–water partition coefficient (Wildman–Crippen LogP) is 2.93. The number of nitrogens with one attached hydrogen (secondary N) is 1. The normalized spacial score (nSPS) is 13.4. The largest absolute Gasteiger partial charge is 0.480 e. The molecule has 0 aliphatic rings. The molecule has 0 bridgehead atoms. The van der Waals surface area contributed by atoms with E-state index in [2.05, 4.69) is 15.3 Å². The summed E-state index contributed by atoms with van der Waals surface area (Å²) in [6, 6.07) is 6.82. The number of hydrogen-bond donors (Lipinski definition) is 2. The van der Waals surface area contributed by atoms with Crippen molar-refractivity contribution in [3.63, 3.8) is 0 Å². The van der Waals surface area contributed by atoms with Crippen molar-refractivity contribution in [2.45, 2.75) is 18.9 Å². The summed E-state index contributed by atoms with van der Waals surface area (Å²) in [4.78, 5) is 14.1. The molecular formula is C12H15ClN4O2. The Hall–Kier alpha value is -1.75. The summed E-state index contributed by atoms with van der Waals surface area (Å²) < 4.78 is 0. The molecule has 0 spiro atoms. The topological polar surface area (TPSA) is 98.1 Å². The van der Waals surface area contributed by atoms with Gasteiger partial charge in [-0.1, -0.05) is 34.9 Å². The zero-order chi connectivity index (χ0) is 14.3. The number of carboxylic acids is 1. The highest BCUT2D eigenvalue weighted by molar-refractivity contribution is 6.31. The van der Waals surface area contributed by atoms with Gasteiger partial charge < -0.3 is 5.11 Å². The van der Waals surface area contributed by atoms with Crippen LogP contribution in [0, 0.1) is 0 Å². The fourth-order valence-electron chi connectivity index (χ4n) is 1.69. The van der Waals surface area contributed by atoms with Gasteiger partial charge in [0.2, 0.25) is 0 Å². The molecule has 1 unspecified atom stereocenters. The zero-order valence-electron chi connectivity index (χ0n) is 10.5. The molecule has 1 aromatic carbocycles. The SMILES string of the molecule is CC(NCCCN=[N+]=[N-])(C(=O)O)c1ccccc1Cl. The van der Waals surface area contributed by atoms with Crippen molar-refractivity contribution < 1.29 is 9.90 Å². The Kier molecular flexibility index (Phi) is 5.63. The predicted molar refractivity (Wildman–Crippen MR) is 73.1 cm³/mol. The molecule has 0 aliphatic carbocycles. The number of nitrogens with zero attached hydrogens (tertiary/aromatic N) is 3. The number of halogens is 1. The van der Waals surface area contributed by atoms with Crippen LogP contribution in [-0.4, -0.2) is 24.2 Å². The second-order valence-electron chi connectivity index (χ2n) is 4.14. The summed E-state index contributed by atoms with van der Waals surface area (Å²) in [7, 11) is 0. The van der Waals surface area contributed by atoms with Crippen LogP contribution in [0.4, 0.5) is 0 Å². The molecule has 2 N–H and O–H groups in total. The van der Waals surface area contributed by atoms with Gasteiger partial charge in [-0.05, 0) is 31.5 Å². The van der Waals surface area contributed by atoms with Crippen molar-refractivity contribution in [2.24, 2.45) is 5.11 Å². The quantitative estimate of drug-likeness (QED) is 0.348. The minimum absolute atomic E-state index is 0.321. The Bertz CT molecular complexity index is 502. The van der Waals surface area contributed by atoms with E-state index in [1.54, 1.807) is 31.2 Å². The second-order valence-corrected chi connectivity index (χ2v) is 4.55. The second kappa shape index (κ2) is 6.99. The number of benzene rings is 1. The maximum absolute atomic E-state index is 11.5. The maximum Gasteiger partial charge on any atom is 0.328 e. The van der Waals surface area contributed by atoms with Crippen molar-refractivity contribution in [3.05, 3.63) is 45.3 Å². The van der Waals surface area contributed by atoms with Gasteiger partial charge in [-0.2, -0.15) is 0 Å². The van der Waals surface area contributed by atoms with Gasteiger partial charge in [-0.3, -0.25) is 5.32 Å². The van der Waals surface area contributed by atoms with Gasteiger partial charge in [0.1, 0.15) is 5.54 Å². The zero-order valence-corrected chi connectivity index (χ0v) is 11.3. The van der Waals surface area contributed by atoms with E-state index in [4.69, 9.17) is 17.1 Å². The molecule has 0 aromatic heterocycles. The summed E-state index contributed by atoms with van der Waals surface area (Å²) in [5, 5.41) is 16.1. The van der Waals surface area contributed by atoms with Crippen LogP contribution in [0.15, 0.2) is 29.4 Å². The maximum atomic E-state index is 11.5. The fraction of sp³-hybridized carbons (Fsp3) is 0.417. The van der Waals surface area contributed by atoms with Crippen LogP contribution < -0.4 is 5.32 Å². The average Bonchev–Trinajstić information content (AvgIpc) is 2.38. The van der Waals surface area contributed by atoms with E-state index in [1.165, 1.54) is 0 Å². The van der Waals surface area contributed by atoms with Crippen LogP contribution in [0.5, 0.6) is 0 Å². The minimum atomic E-state index is -1.27. The molecule has 0 amide bonds. The van der Waals surface area contributed by atoms with Crippen LogP contribution >= 0.6 is 11.6 Å². The molecule has 19 heavy (non-hydrogen) atoms. The smallest absolute Gasteiger partial charge is 0.328 e. The third kappa shape index (κ3) is 3.86. The monoisotopic (exact) mass is 282 g/mol. The number of carbonyl (C=O) groups is 1. The van der Waals surface area contributed by atoms with E-state index in [9.17, 15) is 9.90 Å². The Morgan fingerprint density at radius 3 is 2.84 bits per heavy atom. The molecule has 0 saturated carbocycles. The first-order valence-corrected chi connectivity index (χ1v) is 6.14. The molecule has 0 saturated heterocycles. The molecule has 7 heteroatoms. The van der Waals surface area contributed by atoms with Gasteiger partial charge in [0, 0.05) is 22.0 Å². The molecule has 1 aromatic rings. The summed E-state index contributed by atoms with van der Waals surface area (Å²) in [6.45, 7) is 2.29. The number of rotatable bonds is 7. The molecule has 102 valence electrons. The number of azide groups is 1. The standard InChI is InChI=1S/C12H15ClN4O2/c1-12(11(18)19,15-7-4-8-16-17-14)9-5-2-3-6-10(9)13/h2-3,5-6,15H,4,7-8H2,1H3,(H,18,19). The average molecular weight is 283 g/mol. The van der Waals surface area contributed by atoms with Crippen LogP contribution in [-0.2, 0) is 10.3 Å². The molecule has 1 atom stereocenters. The number of aliphatic carboxylic acids is 1. The van der Waals surface area contributed by atoms with Gasteiger partial charge in [-0.25, -0.2) is 4.79 Å². The van der Waals surface area contributed by atoms with Crippen LogP contribution in [0.3, 0.4) is 0 Å². The van der Waals surface area contributed by atoms with Crippen LogP contribution in [0.1, 0.15) is 18.9 Å². The van der Waals surface area contributed by atoms with Crippen molar-refractivity contribution in [3.8, 4) is 0 Å². The summed E-state index contributed by atoms with van der Waals surface area (Å²) in [5.41, 5.74) is 7.39. The lowest BCUT2D eigenvalue weighted by atomic mass is 9.92. The highest BCUT2D eigenvalue weighted by Gasteiger charge is 2.35. The van der Waals surface area contributed by atoms with E-state index >= 15 is 0 Å². The molecule has 6 nitrogen and oxygen atoms in total. The lowest BCUT2D eigenvalue weighted by molar-refractivity contribution is -0.144. The van der Waals surface area contributed by atoms with Crippen LogP contribution in [0.2, 0.25) is 5.02 Å². The van der Waals surface area contributed by atoms with E-state index in [1.807, 2.05) is 0 Å². The van der Waals surface area contributed by atoms with E-state index in [-0.39, 0.29) is 0 Å². The Labute approximate surface area is 116 Å². The Morgan fingerprint density at radius 1 is 1.58 bits per heavy atom. The van der Waals surface area contributed by atoms with Crippen LogP contribution in [0.25, 0.3) is 10.4 Å². The molecule has 0 fully saturated rings. The minimum Gasteiger partial charge on any atom is -0.480 e. The van der Waals surface area contributed by atoms with E-state index < -0.39 is 11.5 Å². The van der Waals surface area contributed by atoms with Gasteiger partial charge in [0.05, 0.1) is 0 Å². The summed E-state index contributed by atoms with van der Waals surface area (Å²) in [5.74, 6) is -1.01. The van der Waals surface area contributed by atoms with Crippen molar-refractivity contribution in [2.75, 3.05) is 13.1 Å². The lowest BCUT2D eigenvalue weighted by Crippen LogP contribution is -2.47. The Morgan fingerprint density at radius 2 is 2.26 bits per heavy atom. The number of carboxylic acid groups (broad SMARTS) is 1. The van der Waals surface area contributed by atoms with Crippen molar-refractivity contribution >= 4 is 17.6 Å². The first kappa shape index (κ1) is 15.3. The first-order chi connectivity index (χ1) is 9.02. The fourth-order valence-corrected chi connectivity index (χ4v) is 2.01. The highest BCUT2D eigenvalue weighted by atomic mass is 35.5. The van der Waals surface area contributed by atoms with E-state index in [0.717, 1.165) is 0 Å².